The molecule has 0 aliphatic carbocycles. The van der Waals surface area contributed by atoms with Gasteiger partial charge in [0.15, 0.2) is 0 Å². The Labute approximate surface area is 216 Å². The fraction of sp³-hybridized carbons (Fsp3) is 0.481. The molecule has 196 valence electrons. The van der Waals surface area contributed by atoms with Crippen LogP contribution in [0.2, 0.25) is 0 Å². The molecule has 10 heteroatoms. The van der Waals surface area contributed by atoms with Crippen LogP contribution < -0.4 is 10.5 Å². The number of ether oxygens (including phenoxy) is 1. The van der Waals surface area contributed by atoms with Crippen LogP contribution in [0, 0.1) is 5.92 Å². The Morgan fingerprint density at radius 3 is 2.70 bits per heavy atom. The van der Waals surface area contributed by atoms with Crippen molar-refractivity contribution >= 4 is 17.6 Å². The van der Waals surface area contributed by atoms with Crippen molar-refractivity contribution in [3.8, 4) is 11.4 Å². The van der Waals surface area contributed by atoms with Gasteiger partial charge in [0.1, 0.15) is 5.69 Å². The van der Waals surface area contributed by atoms with Crippen LogP contribution in [0.15, 0.2) is 35.3 Å². The number of hydrogen-bond acceptors (Lipinski definition) is 7. The van der Waals surface area contributed by atoms with Gasteiger partial charge < -0.3 is 14.2 Å². The van der Waals surface area contributed by atoms with Gasteiger partial charge in [-0.3, -0.25) is 14.4 Å². The first-order valence-electron chi connectivity index (χ1n) is 12.8. The molecule has 0 radical (unpaired) electrons. The number of rotatable bonds is 9. The second-order valence-electron chi connectivity index (χ2n) is 9.39. The summed E-state index contributed by atoms with van der Waals surface area (Å²) >= 11 is 0. The van der Waals surface area contributed by atoms with Crippen LogP contribution in [-0.2, 0) is 40.8 Å². The average Bonchev–Trinajstić information content (AvgIpc) is 3.26. The molecule has 10 nitrogen and oxygen atoms in total. The standard InChI is InChI=1S/C27H34N6O4/c1-5-8-18-10-13-24(34)32(16-18)17-23-26(29-30-31(23)3)21-11-12-22(20(6-2)28-21)33-14-7-9-19(27(33)36)15-25(35)37-4/h10-13,16,19H,5-9,14-15,17H2,1-4H3/t19-/m1/s1. The van der Waals surface area contributed by atoms with E-state index in [4.69, 9.17) is 9.72 Å². The lowest BCUT2D eigenvalue weighted by atomic mass is 9.93. The molecule has 1 fully saturated rings. The van der Waals surface area contributed by atoms with Crippen molar-refractivity contribution in [3.05, 3.63) is 57.8 Å². The highest BCUT2D eigenvalue weighted by atomic mass is 16.5. The van der Waals surface area contributed by atoms with Crippen molar-refractivity contribution in [1.82, 2.24) is 24.5 Å². The van der Waals surface area contributed by atoms with Crippen LogP contribution in [-0.4, -0.2) is 50.1 Å². The number of pyridine rings is 2. The number of esters is 1. The van der Waals surface area contributed by atoms with Crippen molar-refractivity contribution < 1.29 is 14.3 Å². The molecule has 4 rings (SSSR count). The van der Waals surface area contributed by atoms with Gasteiger partial charge >= 0.3 is 5.97 Å². The summed E-state index contributed by atoms with van der Waals surface area (Å²) in [6.07, 6.45) is 5.95. The molecule has 3 aromatic heterocycles. The van der Waals surface area contributed by atoms with Gasteiger partial charge in [0, 0.05) is 31.8 Å². The summed E-state index contributed by atoms with van der Waals surface area (Å²) in [7, 11) is 3.14. The first kappa shape index (κ1) is 26.2. The molecule has 0 spiro atoms. The number of methoxy groups -OCH3 is 1. The van der Waals surface area contributed by atoms with Crippen LogP contribution >= 0.6 is 0 Å². The summed E-state index contributed by atoms with van der Waals surface area (Å²) in [5.41, 5.74) is 4.54. The molecule has 0 unspecified atom stereocenters. The maximum absolute atomic E-state index is 13.2. The van der Waals surface area contributed by atoms with Crippen LogP contribution in [0.5, 0.6) is 0 Å². The van der Waals surface area contributed by atoms with Crippen LogP contribution in [0.3, 0.4) is 0 Å². The maximum atomic E-state index is 13.2. The number of hydrogen-bond donors (Lipinski definition) is 0. The first-order valence-corrected chi connectivity index (χ1v) is 12.8. The molecule has 4 heterocycles. The Bertz CT molecular complexity index is 1340. The molecule has 0 saturated carbocycles. The van der Waals surface area contributed by atoms with E-state index in [1.165, 1.54) is 7.11 Å². The Morgan fingerprint density at radius 1 is 1.16 bits per heavy atom. The highest BCUT2D eigenvalue weighted by Crippen LogP contribution is 2.31. The Morgan fingerprint density at radius 2 is 1.97 bits per heavy atom. The smallest absolute Gasteiger partial charge is 0.306 e. The van der Waals surface area contributed by atoms with Gasteiger partial charge in [-0.15, -0.1) is 5.10 Å². The molecule has 3 aromatic rings. The number of anilines is 1. The zero-order valence-electron chi connectivity index (χ0n) is 21.9. The largest absolute Gasteiger partial charge is 0.469 e. The monoisotopic (exact) mass is 506 g/mol. The lowest BCUT2D eigenvalue weighted by Gasteiger charge is -2.33. The third-order valence-electron chi connectivity index (χ3n) is 6.86. The Balaban J connectivity index is 1.65. The third-order valence-corrected chi connectivity index (χ3v) is 6.86. The molecule has 37 heavy (non-hydrogen) atoms. The van der Waals surface area contributed by atoms with Gasteiger partial charge in [-0.25, -0.2) is 9.67 Å². The SMILES string of the molecule is CCCc1ccc(=O)n(Cc2c(-c3ccc(N4CCC[C@H](CC(=O)OC)C4=O)c(CC)n3)nnn2C)c1. The molecule has 1 aliphatic heterocycles. The van der Waals surface area contributed by atoms with E-state index in [1.807, 2.05) is 31.3 Å². The number of aromatic nitrogens is 5. The number of aryl methyl sites for hydroxylation is 3. The van der Waals surface area contributed by atoms with E-state index in [-0.39, 0.29) is 29.8 Å². The molecule has 1 amide bonds. The zero-order chi connectivity index (χ0) is 26.5. The number of carbonyl (C=O) groups is 2. The number of amides is 1. The minimum absolute atomic E-state index is 0.0765. The minimum Gasteiger partial charge on any atom is -0.469 e. The Hall–Kier alpha value is -3.82. The molecule has 0 aromatic carbocycles. The summed E-state index contributed by atoms with van der Waals surface area (Å²) in [4.78, 5) is 44.2. The Kier molecular flexibility index (Phi) is 8.15. The second-order valence-corrected chi connectivity index (χ2v) is 9.39. The van der Waals surface area contributed by atoms with Gasteiger partial charge in [0.2, 0.25) is 5.91 Å². The fourth-order valence-electron chi connectivity index (χ4n) is 4.85. The number of carbonyl (C=O) groups excluding carboxylic acids is 2. The maximum Gasteiger partial charge on any atom is 0.306 e. The predicted molar refractivity (Wildman–Crippen MR) is 139 cm³/mol. The van der Waals surface area contributed by atoms with Crippen molar-refractivity contribution in [1.29, 1.82) is 0 Å². The average molecular weight is 507 g/mol. The molecule has 0 N–H and O–H groups in total. The van der Waals surface area contributed by atoms with E-state index in [1.54, 1.807) is 27.3 Å². The molecular weight excluding hydrogens is 472 g/mol. The van der Waals surface area contributed by atoms with Crippen molar-refractivity contribution in [2.24, 2.45) is 13.0 Å². The highest BCUT2D eigenvalue weighted by Gasteiger charge is 2.33. The summed E-state index contributed by atoms with van der Waals surface area (Å²) < 4.78 is 8.12. The summed E-state index contributed by atoms with van der Waals surface area (Å²) in [6, 6.07) is 7.21. The minimum atomic E-state index is -0.390. The van der Waals surface area contributed by atoms with E-state index in [0.717, 1.165) is 41.9 Å². The quantitative estimate of drug-likeness (QED) is 0.410. The molecule has 1 aliphatic rings. The lowest BCUT2D eigenvalue weighted by molar-refractivity contribution is -0.144. The first-order chi connectivity index (χ1) is 17.9. The van der Waals surface area contributed by atoms with Gasteiger partial charge in [0.05, 0.1) is 42.8 Å². The molecule has 0 bridgehead atoms. The van der Waals surface area contributed by atoms with Crippen molar-refractivity contribution in [2.75, 3.05) is 18.6 Å². The van der Waals surface area contributed by atoms with Gasteiger partial charge in [-0.1, -0.05) is 31.5 Å². The van der Waals surface area contributed by atoms with E-state index in [9.17, 15) is 14.4 Å². The van der Waals surface area contributed by atoms with Crippen LogP contribution in [0.4, 0.5) is 5.69 Å². The third kappa shape index (κ3) is 5.63. The highest BCUT2D eigenvalue weighted by molar-refractivity contribution is 5.98. The molecular formula is C27H34N6O4. The lowest BCUT2D eigenvalue weighted by Crippen LogP contribution is -2.42. The summed E-state index contributed by atoms with van der Waals surface area (Å²) in [5, 5.41) is 8.57. The predicted octanol–water partition coefficient (Wildman–Crippen LogP) is 2.91. The van der Waals surface area contributed by atoms with E-state index in [0.29, 0.717) is 37.3 Å². The van der Waals surface area contributed by atoms with Gasteiger partial charge in [-0.05, 0) is 43.4 Å². The second kappa shape index (κ2) is 11.5. The van der Waals surface area contributed by atoms with Crippen LogP contribution in [0.1, 0.15) is 56.5 Å². The van der Waals surface area contributed by atoms with Crippen molar-refractivity contribution in [3.63, 3.8) is 0 Å². The number of piperidine rings is 1. The van der Waals surface area contributed by atoms with Gasteiger partial charge in [-0.2, -0.15) is 0 Å². The van der Waals surface area contributed by atoms with Crippen LogP contribution in [0.25, 0.3) is 11.4 Å². The molecule has 1 atom stereocenters. The summed E-state index contributed by atoms with van der Waals surface area (Å²) in [6.45, 7) is 5.00. The normalized spacial score (nSPS) is 15.7. The van der Waals surface area contributed by atoms with E-state index in [2.05, 4.69) is 17.2 Å². The fourth-order valence-corrected chi connectivity index (χ4v) is 4.85. The van der Waals surface area contributed by atoms with Gasteiger partial charge in [0.25, 0.3) is 5.56 Å². The van der Waals surface area contributed by atoms with Crippen molar-refractivity contribution in [2.45, 2.75) is 58.9 Å². The topological polar surface area (TPSA) is 112 Å². The van der Waals surface area contributed by atoms with E-state index < -0.39 is 0 Å². The number of nitrogens with zero attached hydrogens (tertiary/aromatic N) is 6. The summed E-state index contributed by atoms with van der Waals surface area (Å²) in [5.74, 6) is -0.842. The zero-order valence-corrected chi connectivity index (χ0v) is 21.9. The van der Waals surface area contributed by atoms with E-state index >= 15 is 0 Å². The molecule has 1 saturated heterocycles.